The van der Waals surface area contributed by atoms with Gasteiger partial charge in [0.15, 0.2) is 5.44 Å². The molecule has 1 atom stereocenters. The lowest BCUT2D eigenvalue weighted by Crippen LogP contribution is -2.27. The Hall–Kier alpha value is -0.950. The smallest absolute Gasteiger partial charge is 0.204 e. The number of aryl methyl sites for hydroxylation is 1. The van der Waals surface area contributed by atoms with Gasteiger partial charge in [-0.3, -0.25) is 0 Å². The Bertz CT molecular complexity index is 529. The largest absolute Gasteiger partial charge is 0.377 e. The van der Waals surface area contributed by atoms with Crippen molar-refractivity contribution in [3.8, 4) is 0 Å². The van der Waals surface area contributed by atoms with Gasteiger partial charge in [0.2, 0.25) is 9.84 Å². The molecule has 1 rings (SSSR count). The lowest BCUT2D eigenvalue weighted by Gasteiger charge is -2.13. The minimum absolute atomic E-state index is 0.178. The molecule has 3 N–H and O–H groups in total. The molecule has 1 unspecified atom stereocenters. The molecule has 0 amide bonds. The van der Waals surface area contributed by atoms with Crippen LogP contribution in [0.3, 0.4) is 0 Å². The van der Waals surface area contributed by atoms with E-state index >= 15 is 0 Å². The maximum atomic E-state index is 12.2. The summed E-state index contributed by atoms with van der Waals surface area (Å²) in [7, 11) is -3.66. The van der Waals surface area contributed by atoms with Crippen molar-refractivity contribution in [2.24, 2.45) is 0 Å². The van der Waals surface area contributed by atoms with Crippen molar-refractivity contribution in [3.05, 3.63) is 29.8 Å². The van der Waals surface area contributed by atoms with Crippen LogP contribution in [0.2, 0.25) is 0 Å². The normalized spacial score (nSPS) is 13.2. The molecule has 1 aromatic rings. The minimum Gasteiger partial charge on any atom is -0.377 e. The molecule has 0 spiro atoms. The third-order valence-corrected chi connectivity index (χ3v) is 5.54. The van der Waals surface area contributed by atoms with E-state index < -0.39 is 15.3 Å². The molecular weight excluding hydrogens is 312 g/mol. The second kappa shape index (κ2) is 10.8. The van der Waals surface area contributed by atoms with E-state index in [1.54, 1.807) is 24.3 Å². The third-order valence-electron chi connectivity index (χ3n) is 3.66. The first-order valence-corrected chi connectivity index (χ1v) is 9.93. The molecule has 0 heterocycles. The van der Waals surface area contributed by atoms with Crippen molar-refractivity contribution >= 4 is 9.84 Å². The van der Waals surface area contributed by atoms with Crippen molar-refractivity contribution < 1.29 is 13.5 Å². The molecule has 132 valence electrons. The molecular formula is C17H30N2O3S. The maximum absolute atomic E-state index is 12.2. The van der Waals surface area contributed by atoms with Gasteiger partial charge in [-0.15, -0.1) is 0 Å². The molecule has 6 heteroatoms. The fourth-order valence-corrected chi connectivity index (χ4v) is 3.45. The number of nitrogens with one attached hydrogen (secondary N) is 2. The zero-order chi connectivity index (χ0) is 17.1. The Labute approximate surface area is 140 Å². The molecule has 0 fully saturated rings. The number of unbranched alkanes of at least 4 members (excludes halogenated alkanes) is 1. The lowest BCUT2D eigenvalue weighted by molar-refractivity contribution is 0.237. The van der Waals surface area contributed by atoms with Gasteiger partial charge in [-0.25, -0.2) is 8.42 Å². The summed E-state index contributed by atoms with van der Waals surface area (Å²) in [5.74, 6) is 0. The molecule has 0 aromatic heterocycles. The highest BCUT2D eigenvalue weighted by atomic mass is 32.2. The van der Waals surface area contributed by atoms with E-state index in [-0.39, 0.29) is 11.3 Å². The van der Waals surface area contributed by atoms with Crippen molar-refractivity contribution in [2.75, 3.05) is 26.2 Å². The maximum Gasteiger partial charge on any atom is 0.204 e. The highest BCUT2D eigenvalue weighted by Gasteiger charge is 2.24. The van der Waals surface area contributed by atoms with Gasteiger partial charge in [-0.2, -0.15) is 0 Å². The summed E-state index contributed by atoms with van der Waals surface area (Å²) in [6.07, 6.45) is 3.48. The molecule has 0 aliphatic heterocycles. The topological polar surface area (TPSA) is 78.4 Å². The Morgan fingerprint density at radius 1 is 1.00 bits per heavy atom. The van der Waals surface area contributed by atoms with E-state index in [0.29, 0.717) is 6.54 Å². The predicted octanol–water partition coefficient (Wildman–Crippen LogP) is 1.85. The van der Waals surface area contributed by atoms with Crippen molar-refractivity contribution in [1.29, 1.82) is 0 Å². The van der Waals surface area contributed by atoms with Crippen LogP contribution in [-0.4, -0.2) is 45.1 Å². The number of sulfone groups is 1. The Balaban J connectivity index is 2.23. The highest BCUT2D eigenvalue weighted by Crippen LogP contribution is 2.17. The summed E-state index contributed by atoms with van der Waals surface area (Å²) in [6, 6.07) is 6.57. The summed E-state index contributed by atoms with van der Waals surface area (Å²) >= 11 is 0. The van der Waals surface area contributed by atoms with E-state index in [4.69, 9.17) is 0 Å². The van der Waals surface area contributed by atoms with Gasteiger partial charge in [-0.1, -0.05) is 24.6 Å². The van der Waals surface area contributed by atoms with E-state index in [0.717, 1.165) is 44.5 Å². The van der Waals surface area contributed by atoms with Gasteiger partial charge in [0.25, 0.3) is 0 Å². The predicted molar refractivity (Wildman–Crippen MR) is 94.3 cm³/mol. The summed E-state index contributed by atoms with van der Waals surface area (Å²) in [5.41, 5.74) is -0.363. The fraction of sp³-hybridized carbons (Fsp3) is 0.647. The second-order valence-electron chi connectivity index (χ2n) is 5.81. The van der Waals surface area contributed by atoms with Crippen LogP contribution in [0.5, 0.6) is 0 Å². The van der Waals surface area contributed by atoms with Crippen LogP contribution >= 0.6 is 0 Å². The summed E-state index contributed by atoms with van der Waals surface area (Å²) in [6.45, 7) is 7.44. The molecule has 1 aromatic carbocycles. The quantitative estimate of drug-likeness (QED) is 0.505. The number of rotatable bonds is 12. The number of aliphatic hydroxyl groups is 1. The van der Waals surface area contributed by atoms with Gasteiger partial charge >= 0.3 is 0 Å². The van der Waals surface area contributed by atoms with Crippen LogP contribution in [0, 0.1) is 6.92 Å². The van der Waals surface area contributed by atoms with Crippen LogP contribution in [-0.2, 0) is 9.84 Å². The Kier molecular flexibility index (Phi) is 9.40. The van der Waals surface area contributed by atoms with Gasteiger partial charge < -0.3 is 15.7 Å². The number of hydrogen-bond acceptors (Lipinski definition) is 5. The SMILES string of the molecule is CCCNCCCCNCCC(O)S(=O)(=O)c1ccc(C)cc1. The molecule has 0 saturated heterocycles. The monoisotopic (exact) mass is 342 g/mol. The molecule has 23 heavy (non-hydrogen) atoms. The highest BCUT2D eigenvalue weighted by molar-refractivity contribution is 7.91. The van der Waals surface area contributed by atoms with Gasteiger partial charge in [0.05, 0.1) is 4.90 Å². The molecule has 0 aliphatic rings. The van der Waals surface area contributed by atoms with E-state index in [9.17, 15) is 13.5 Å². The molecule has 0 saturated carbocycles. The van der Waals surface area contributed by atoms with E-state index in [1.165, 1.54) is 0 Å². The van der Waals surface area contributed by atoms with Gasteiger partial charge in [0, 0.05) is 6.42 Å². The minimum atomic E-state index is -3.66. The first-order valence-electron chi connectivity index (χ1n) is 8.38. The summed E-state index contributed by atoms with van der Waals surface area (Å²) < 4.78 is 24.4. The molecule has 0 aliphatic carbocycles. The molecule has 5 nitrogen and oxygen atoms in total. The Morgan fingerprint density at radius 3 is 2.13 bits per heavy atom. The van der Waals surface area contributed by atoms with E-state index in [2.05, 4.69) is 17.6 Å². The average molecular weight is 343 g/mol. The number of benzene rings is 1. The van der Waals surface area contributed by atoms with Gasteiger partial charge in [-0.05, 0) is 64.5 Å². The summed E-state index contributed by atoms with van der Waals surface area (Å²) in [5, 5.41) is 16.5. The first kappa shape index (κ1) is 20.1. The second-order valence-corrected chi connectivity index (χ2v) is 7.91. The van der Waals surface area contributed by atoms with Crippen molar-refractivity contribution in [3.63, 3.8) is 0 Å². The molecule has 0 radical (unpaired) electrons. The number of hydrogen-bond donors (Lipinski definition) is 3. The molecule has 0 bridgehead atoms. The third kappa shape index (κ3) is 7.44. The average Bonchev–Trinajstić information content (AvgIpc) is 2.53. The van der Waals surface area contributed by atoms with Gasteiger partial charge in [0.1, 0.15) is 0 Å². The lowest BCUT2D eigenvalue weighted by atomic mass is 10.2. The van der Waals surface area contributed by atoms with Crippen molar-refractivity contribution in [1.82, 2.24) is 10.6 Å². The zero-order valence-electron chi connectivity index (χ0n) is 14.2. The zero-order valence-corrected chi connectivity index (χ0v) is 15.0. The first-order chi connectivity index (χ1) is 11.0. The van der Waals surface area contributed by atoms with Crippen LogP contribution in [0.25, 0.3) is 0 Å². The standard InChI is InChI=1S/C17H30N2O3S/c1-3-11-18-12-4-5-13-19-14-10-17(20)23(21,22)16-8-6-15(2)7-9-16/h6-9,17-20H,3-5,10-14H2,1-2H3. The fourth-order valence-electron chi connectivity index (χ4n) is 2.19. The van der Waals surface area contributed by atoms with Crippen LogP contribution in [0.15, 0.2) is 29.2 Å². The number of aliphatic hydroxyl groups excluding tert-OH is 1. The summed E-state index contributed by atoms with van der Waals surface area (Å²) in [4.78, 5) is 0.178. The van der Waals surface area contributed by atoms with E-state index in [1.807, 2.05) is 6.92 Å². The van der Waals surface area contributed by atoms with Crippen LogP contribution < -0.4 is 10.6 Å². The Morgan fingerprint density at radius 2 is 1.57 bits per heavy atom. The van der Waals surface area contributed by atoms with Crippen LogP contribution in [0.4, 0.5) is 0 Å². The van der Waals surface area contributed by atoms with Crippen LogP contribution in [0.1, 0.15) is 38.2 Å². The van der Waals surface area contributed by atoms with Crippen molar-refractivity contribution in [2.45, 2.75) is 49.9 Å².